The first kappa shape index (κ1) is 18.0. The zero-order valence-corrected chi connectivity index (χ0v) is 15.1. The van der Waals surface area contributed by atoms with Gasteiger partial charge in [-0.15, -0.1) is 0 Å². The SMILES string of the molecule is O=C(Nc1ccccc1NS(=O)(=O)c1ccc(Cl)cc1)c1ccccc1. The summed E-state index contributed by atoms with van der Waals surface area (Å²) >= 11 is 5.80. The van der Waals surface area contributed by atoms with Crippen molar-refractivity contribution in [3.8, 4) is 0 Å². The maximum Gasteiger partial charge on any atom is 0.261 e. The Morgan fingerprint density at radius 1 is 0.769 bits per heavy atom. The molecule has 5 nitrogen and oxygen atoms in total. The van der Waals surface area contributed by atoms with Crippen molar-refractivity contribution >= 4 is 38.9 Å². The minimum atomic E-state index is -3.81. The van der Waals surface area contributed by atoms with Crippen molar-refractivity contribution in [1.29, 1.82) is 0 Å². The lowest BCUT2D eigenvalue weighted by Gasteiger charge is -2.13. The molecule has 0 aromatic heterocycles. The van der Waals surface area contributed by atoms with Gasteiger partial charge < -0.3 is 5.32 Å². The summed E-state index contributed by atoms with van der Waals surface area (Å²) in [6.45, 7) is 0. The number of para-hydroxylation sites is 2. The van der Waals surface area contributed by atoms with Crippen LogP contribution in [-0.2, 0) is 10.0 Å². The Labute approximate surface area is 156 Å². The number of amides is 1. The van der Waals surface area contributed by atoms with E-state index in [4.69, 9.17) is 11.6 Å². The second kappa shape index (κ2) is 7.59. The standard InChI is InChI=1S/C19H15ClN2O3S/c20-15-10-12-16(13-11-15)26(24,25)22-18-9-5-4-8-17(18)21-19(23)14-6-2-1-3-7-14/h1-13,22H,(H,21,23). The molecule has 3 rings (SSSR count). The van der Waals surface area contributed by atoms with Gasteiger partial charge in [-0.05, 0) is 48.5 Å². The molecule has 0 saturated carbocycles. The van der Waals surface area contributed by atoms with Gasteiger partial charge in [0.1, 0.15) is 0 Å². The van der Waals surface area contributed by atoms with Crippen LogP contribution < -0.4 is 10.0 Å². The Morgan fingerprint density at radius 2 is 1.35 bits per heavy atom. The topological polar surface area (TPSA) is 75.3 Å². The third kappa shape index (κ3) is 4.22. The predicted molar refractivity (Wildman–Crippen MR) is 103 cm³/mol. The van der Waals surface area contributed by atoms with Gasteiger partial charge in [-0.1, -0.05) is 41.9 Å². The van der Waals surface area contributed by atoms with Crippen molar-refractivity contribution in [2.45, 2.75) is 4.90 Å². The molecule has 2 N–H and O–H groups in total. The zero-order valence-electron chi connectivity index (χ0n) is 13.5. The molecule has 7 heteroatoms. The van der Waals surface area contributed by atoms with Crippen molar-refractivity contribution in [3.63, 3.8) is 0 Å². The van der Waals surface area contributed by atoms with Crippen molar-refractivity contribution < 1.29 is 13.2 Å². The maximum absolute atomic E-state index is 12.6. The maximum atomic E-state index is 12.6. The average molecular weight is 387 g/mol. The van der Waals surface area contributed by atoms with Crippen LogP contribution in [0.4, 0.5) is 11.4 Å². The molecule has 0 spiro atoms. The molecule has 0 fully saturated rings. The molecule has 0 atom stereocenters. The van der Waals surface area contributed by atoms with E-state index < -0.39 is 10.0 Å². The molecule has 3 aromatic carbocycles. The van der Waals surface area contributed by atoms with Crippen molar-refractivity contribution in [2.75, 3.05) is 10.0 Å². The molecule has 1 amide bonds. The first-order chi connectivity index (χ1) is 12.5. The second-order valence-electron chi connectivity index (χ2n) is 5.43. The van der Waals surface area contributed by atoms with E-state index in [0.29, 0.717) is 16.3 Å². The lowest BCUT2D eigenvalue weighted by atomic mass is 10.2. The van der Waals surface area contributed by atoms with Crippen LogP contribution in [-0.4, -0.2) is 14.3 Å². The summed E-state index contributed by atoms with van der Waals surface area (Å²) in [5.41, 5.74) is 1.11. The second-order valence-corrected chi connectivity index (χ2v) is 7.54. The summed E-state index contributed by atoms with van der Waals surface area (Å²) in [6, 6.07) is 21.1. The number of sulfonamides is 1. The summed E-state index contributed by atoms with van der Waals surface area (Å²) in [5, 5.41) is 3.17. The van der Waals surface area contributed by atoms with Gasteiger partial charge in [0.15, 0.2) is 0 Å². The molecule has 0 aliphatic rings. The molecule has 132 valence electrons. The summed E-state index contributed by atoms with van der Waals surface area (Å²) in [5.74, 6) is -0.330. The number of hydrogen-bond acceptors (Lipinski definition) is 3. The molecule has 0 aliphatic heterocycles. The zero-order chi connectivity index (χ0) is 18.6. The Morgan fingerprint density at radius 3 is 2.00 bits per heavy atom. The predicted octanol–water partition coefficient (Wildman–Crippen LogP) is 4.39. The Bertz CT molecular complexity index is 1020. The highest BCUT2D eigenvalue weighted by molar-refractivity contribution is 7.92. The molecular formula is C19H15ClN2O3S. The van der Waals surface area contributed by atoms with Crippen LogP contribution in [0.3, 0.4) is 0 Å². The minimum absolute atomic E-state index is 0.0751. The Kier molecular flexibility index (Phi) is 5.25. The van der Waals surface area contributed by atoms with Gasteiger partial charge in [0.05, 0.1) is 16.3 Å². The largest absolute Gasteiger partial charge is 0.320 e. The van der Waals surface area contributed by atoms with Crippen LogP contribution in [0.25, 0.3) is 0 Å². The number of anilines is 2. The molecule has 0 unspecified atom stereocenters. The van der Waals surface area contributed by atoms with E-state index in [-0.39, 0.29) is 16.5 Å². The van der Waals surface area contributed by atoms with Crippen LogP contribution >= 0.6 is 11.6 Å². The van der Waals surface area contributed by atoms with E-state index in [0.717, 1.165) is 0 Å². The van der Waals surface area contributed by atoms with Gasteiger partial charge in [0.25, 0.3) is 15.9 Å². The van der Waals surface area contributed by atoms with Crippen LogP contribution in [0.15, 0.2) is 83.8 Å². The number of hydrogen-bond donors (Lipinski definition) is 2. The molecule has 3 aromatic rings. The summed E-state index contributed by atoms with van der Waals surface area (Å²) in [6.07, 6.45) is 0. The van der Waals surface area contributed by atoms with Gasteiger partial charge in [-0.3, -0.25) is 9.52 Å². The van der Waals surface area contributed by atoms with E-state index in [1.54, 1.807) is 48.5 Å². The lowest BCUT2D eigenvalue weighted by Crippen LogP contribution is -2.17. The monoisotopic (exact) mass is 386 g/mol. The molecule has 0 heterocycles. The molecule has 0 radical (unpaired) electrons. The fraction of sp³-hybridized carbons (Fsp3) is 0. The van der Waals surface area contributed by atoms with Crippen LogP contribution in [0, 0.1) is 0 Å². The van der Waals surface area contributed by atoms with Crippen LogP contribution in [0.1, 0.15) is 10.4 Å². The van der Waals surface area contributed by atoms with E-state index in [2.05, 4.69) is 10.0 Å². The highest BCUT2D eigenvalue weighted by atomic mass is 35.5. The number of carbonyl (C=O) groups is 1. The summed E-state index contributed by atoms with van der Waals surface area (Å²) < 4.78 is 27.6. The third-order valence-electron chi connectivity index (χ3n) is 3.58. The van der Waals surface area contributed by atoms with E-state index in [9.17, 15) is 13.2 Å². The number of halogens is 1. The van der Waals surface area contributed by atoms with Crippen molar-refractivity contribution in [2.24, 2.45) is 0 Å². The Hall–Kier alpha value is -2.83. The first-order valence-electron chi connectivity index (χ1n) is 7.69. The first-order valence-corrected chi connectivity index (χ1v) is 9.56. The van der Waals surface area contributed by atoms with Gasteiger partial charge in [-0.2, -0.15) is 0 Å². The van der Waals surface area contributed by atoms with Gasteiger partial charge in [0, 0.05) is 10.6 Å². The fourth-order valence-corrected chi connectivity index (χ4v) is 3.49. The van der Waals surface area contributed by atoms with Crippen molar-refractivity contribution in [3.05, 3.63) is 89.4 Å². The quantitative estimate of drug-likeness (QED) is 0.682. The van der Waals surface area contributed by atoms with E-state index in [1.165, 1.54) is 24.3 Å². The van der Waals surface area contributed by atoms with Crippen molar-refractivity contribution in [1.82, 2.24) is 0 Å². The molecule has 0 aliphatic carbocycles. The Balaban J connectivity index is 1.85. The minimum Gasteiger partial charge on any atom is -0.320 e. The third-order valence-corrected chi connectivity index (χ3v) is 5.21. The number of nitrogens with one attached hydrogen (secondary N) is 2. The molecular weight excluding hydrogens is 372 g/mol. The highest BCUT2D eigenvalue weighted by Crippen LogP contribution is 2.25. The lowest BCUT2D eigenvalue weighted by molar-refractivity contribution is 0.102. The number of carbonyl (C=O) groups excluding carboxylic acids is 1. The van der Waals surface area contributed by atoms with Crippen LogP contribution in [0.2, 0.25) is 5.02 Å². The summed E-state index contributed by atoms with van der Waals surface area (Å²) in [7, 11) is -3.81. The van der Waals surface area contributed by atoms with Gasteiger partial charge >= 0.3 is 0 Å². The fourth-order valence-electron chi connectivity index (χ4n) is 2.28. The number of rotatable bonds is 5. The smallest absolute Gasteiger partial charge is 0.261 e. The number of benzene rings is 3. The van der Waals surface area contributed by atoms with Gasteiger partial charge in [-0.25, -0.2) is 8.42 Å². The molecule has 0 bridgehead atoms. The average Bonchev–Trinajstić information content (AvgIpc) is 2.64. The van der Waals surface area contributed by atoms with Crippen LogP contribution in [0.5, 0.6) is 0 Å². The van der Waals surface area contributed by atoms with E-state index >= 15 is 0 Å². The summed E-state index contributed by atoms with van der Waals surface area (Å²) in [4.78, 5) is 12.4. The van der Waals surface area contributed by atoms with E-state index in [1.807, 2.05) is 6.07 Å². The normalized spacial score (nSPS) is 11.0. The molecule has 0 saturated heterocycles. The van der Waals surface area contributed by atoms with Gasteiger partial charge in [0.2, 0.25) is 0 Å². The molecule has 26 heavy (non-hydrogen) atoms. The highest BCUT2D eigenvalue weighted by Gasteiger charge is 2.17.